The highest BCUT2D eigenvalue weighted by Gasteiger charge is 2.25. The molecule has 0 fully saturated rings. The molecule has 1 aliphatic heterocycles. The summed E-state index contributed by atoms with van der Waals surface area (Å²) in [5.41, 5.74) is 0.940. The fourth-order valence-corrected chi connectivity index (χ4v) is 1.12. The number of amides is 2. The van der Waals surface area contributed by atoms with E-state index in [1.165, 1.54) is 6.92 Å². The van der Waals surface area contributed by atoms with Crippen LogP contribution in [0.2, 0.25) is 0 Å². The van der Waals surface area contributed by atoms with Crippen LogP contribution in [-0.4, -0.2) is 18.1 Å². The van der Waals surface area contributed by atoms with Crippen molar-refractivity contribution in [2.45, 2.75) is 6.92 Å². The molecule has 4 heteroatoms. The number of aldehydes is 1. The summed E-state index contributed by atoms with van der Waals surface area (Å²) in [5.74, 6) is -0.601. The quantitative estimate of drug-likeness (QED) is 0.486. The second-order valence-corrected chi connectivity index (χ2v) is 2.56. The van der Waals surface area contributed by atoms with Gasteiger partial charge in [-0.15, -0.1) is 0 Å². The SMILES string of the molecule is CC=O.O=C1NC(=O)c2ccccc21. The Hall–Kier alpha value is -1.97. The lowest BCUT2D eigenvalue weighted by molar-refractivity contribution is -0.106. The Morgan fingerprint density at radius 2 is 1.43 bits per heavy atom. The highest BCUT2D eigenvalue weighted by atomic mass is 16.2. The number of fused-ring (bicyclic) bond motifs is 1. The second-order valence-electron chi connectivity index (χ2n) is 2.56. The monoisotopic (exact) mass is 191 g/mol. The van der Waals surface area contributed by atoms with Crippen molar-refractivity contribution in [3.63, 3.8) is 0 Å². The molecule has 0 unspecified atom stereocenters. The van der Waals surface area contributed by atoms with Crippen LogP contribution < -0.4 is 5.32 Å². The summed E-state index contributed by atoms with van der Waals surface area (Å²) in [6.07, 6.45) is 0.750. The lowest BCUT2D eigenvalue weighted by Gasteiger charge is -1.88. The van der Waals surface area contributed by atoms with E-state index in [4.69, 9.17) is 4.79 Å². The number of rotatable bonds is 0. The molecule has 72 valence electrons. The van der Waals surface area contributed by atoms with Gasteiger partial charge < -0.3 is 4.79 Å². The van der Waals surface area contributed by atoms with E-state index < -0.39 is 0 Å². The van der Waals surface area contributed by atoms with Crippen molar-refractivity contribution in [3.05, 3.63) is 35.4 Å². The highest BCUT2D eigenvalue weighted by molar-refractivity contribution is 6.21. The second kappa shape index (κ2) is 4.32. The van der Waals surface area contributed by atoms with E-state index in [1.807, 2.05) is 0 Å². The average Bonchev–Trinajstić information content (AvgIpc) is 2.45. The number of carbonyl (C=O) groups is 3. The van der Waals surface area contributed by atoms with Crippen LogP contribution in [0.3, 0.4) is 0 Å². The van der Waals surface area contributed by atoms with Crippen LogP contribution in [0.4, 0.5) is 0 Å². The predicted octanol–water partition coefficient (Wildman–Crippen LogP) is 0.775. The number of benzene rings is 1. The number of carbonyl (C=O) groups excluding carboxylic acids is 3. The van der Waals surface area contributed by atoms with Crippen LogP contribution in [0.5, 0.6) is 0 Å². The maximum atomic E-state index is 10.9. The van der Waals surface area contributed by atoms with Gasteiger partial charge in [-0.25, -0.2) is 0 Å². The van der Waals surface area contributed by atoms with E-state index in [0.717, 1.165) is 6.29 Å². The van der Waals surface area contributed by atoms with Gasteiger partial charge in [0.25, 0.3) is 11.8 Å². The van der Waals surface area contributed by atoms with Crippen molar-refractivity contribution in [2.75, 3.05) is 0 Å². The first-order chi connectivity index (χ1) is 6.70. The Labute approximate surface area is 80.9 Å². The topological polar surface area (TPSA) is 63.2 Å². The summed E-state index contributed by atoms with van der Waals surface area (Å²) in [6, 6.07) is 6.74. The number of nitrogens with one attached hydrogen (secondary N) is 1. The van der Waals surface area contributed by atoms with Crippen LogP contribution in [0.1, 0.15) is 27.6 Å². The summed E-state index contributed by atoms with van der Waals surface area (Å²) < 4.78 is 0. The summed E-state index contributed by atoms with van der Waals surface area (Å²) in [5, 5.41) is 2.20. The molecule has 2 rings (SSSR count). The van der Waals surface area contributed by atoms with E-state index in [1.54, 1.807) is 24.3 Å². The minimum atomic E-state index is -0.300. The predicted molar refractivity (Wildman–Crippen MR) is 50.0 cm³/mol. The van der Waals surface area contributed by atoms with Gasteiger partial charge in [-0.1, -0.05) is 12.1 Å². The third kappa shape index (κ3) is 1.85. The van der Waals surface area contributed by atoms with E-state index in [-0.39, 0.29) is 11.8 Å². The van der Waals surface area contributed by atoms with Crippen molar-refractivity contribution in [1.82, 2.24) is 5.32 Å². The van der Waals surface area contributed by atoms with Gasteiger partial charge in [0.1, 0.15) is 6.29 Å². The smallest absolute Gasteiger partial charge is 0.258 e. The van der Waals surface area contributed by atoms with Gasteiger partial charge in [-0.3, -0.25) is 14.9 Å². The summed E-state index contributed by atoms with van der Waals surface area (Å²) in [4.78, 5) is 30.7. The van der Waals surface area contributed by atoms with Crippen LogP contribution in [0, 0.1) is 0 Å². The van der Waals surface area contributed by atoms with Crippen LogP contribution in [0.15, 0.2) is 24.3 Å². The molecule has 1 aromatic carbocycles. The van der Waals surface area contributed by atoms with Gasteiger partial charge in [-0.2, -0.15) is 0 Å². The number of hydrogen-bond donors (Lipinski definition) is 1. The largest absolute Gasteiger partial charge is 0.304 e. The molecular formula is C10H9NO3. The van der Waals surface area contributed by atoms with Crippen molar-refractivity contribution in [3.8, 4) is 0 Å². The average molecular weight is 191 g/mol. The molecule has 1 aliphatic rings. The molecule has 0 bridgehead atoms. The molecule has 0 aliphatic carbocycles. The molecule has 0 saturated heterocycles. The van der Waals surface area contributed by atoms with Gasteiger partial charge in [0, 0.05) is 0 Å². The number of imide groups is 1. The fourth-order valence-electron chi connectivity index (χ4n) is 1.12. The van der Waals surface area contributed by atoms with E-state index in [2.05, 4.69) is 5.32 Å². The van der Waals surface area contributed by atoms with Crippen molar-refractivity contribution in [2.24, 2.45) is 0 Å². The third-order valence-corrected chi connectivity index (χ3v) is 1.64. The molecule has 1 N–H and O–H groups in total. The Kier molecular flexibility index (Phi) is 3.12. The standard InChI is InChI=1S/C8H5NO2.C2H4O/c10-7-5-3-1-2-4-6(5)8(11)9-7;1-2-3/h1-4H,(H,9,10,11);2H,1H3. The molecule has 1 heterocycles. The van der Waals surface area contributed by atoms with Crippen LogP contribution in [0.25, 0.3) is 0 Å². The van der Waals surface area contributed by atoms with Crippen LogP contribution >= 0.6 is 0 Å². The zero-order valence-corrected chi connectivity index (χ0v) is 7.61. The Morgan fingerprint density at radius 3 is 1.79 bits per heavy atom. The van der Waals surface area contributed by atoms with E-state index in [0.29, 0.717) is 11.1 Å². The first-order valence-corrected chi connectivity index (χ1v) is 4.05. The lowest BCUT2D eigenvalue weighted by Crippen LogP contribution is -2.19. The normalized spacial score (nSPS) is 12.4. The molecule has 0 atom stereocenters. The minimum absolute atomic E-state index is 0.300. The molecule has 0 radical (unpaired) electrons. The molecule has 4 nitrogen and oxygen atoms in total. The molecule has 14 heavy (non-hydrogen) atoms. The first-order valence-electron chi connectivity index (χ1n) is 4.05. The van der Waals surface area contributed by atoms with Gasteiger partial charge in [0.05, 0.1) is 11.1 Å². The third-order valence-electron chi connectivity index (χ3n) is 1.64. The maximum absolute atomic E-state index is 10.9. The van der Waals surface area contributed by atoms with Crippen molar-refractivity contribution in [1.29, 1.82) is 0 Å². The molecule has 0 saturated carbocycles. The summed E-state index contributed by atoms with van der Waals surface area (Å²) in [7, 11) is 0. The van der Waals surface area contributed by atoms with Crippen molar-refractivity contribution < 1.29 is 14.4 Å². The summed E-state index contributed by atoms with van der Waals surface area (Å²) >= 11 is 0. The summed E-state index contributed by atoms with van der Waals surface area (Å²) in [6.45, 7) is 1.44. The fraction of sp³-hybridized carbons (Fsp3) is 0.100. The van der Waals surface area contributed by atoms with Crippen LogP contribution in [-0.2, 0) is 4.79 Å². The first kappa shape index (κ1) is 10.1. The zero-order chi connectivity index (χ0) is 10.6. The Balaban J connectivity index is 0.000000293. The van der Waals surface area contributed by atoms with Gasteiger partial charge in [-0.05, 0) is 19.1 Å². The number of hydrogen-bond acceptors (Lipinski definition) is 3. The van der Waals surface area contributed by atoms with Gasteiger partial charge in [0.15, 0.2) is 0 Å². The maximum Gasteiger partial charge on any atom is 0.258 e. The highest BCUT2D eigenvalue weighted by Crippen LogP contribution is 2.13. The van der Waals surface area contributed by atoms with E-state index in [9.17, 15) is 9.59 Å². The molecule has 0 aromatic heterocycles. The van der Waals surface area contributed by atoms with Gasteiger partial charge >= 0.3 is 0 Å². The van der Waals surface area contributed by atoms with Gasteiger partial charge in [0.2, 0.25) is 0 Å². The molecular weight excluding hydrogens is 182 g/mol. The Bertz CT molecular complexity index is 352. The zero-order valence-electron chi connectivity index (χ0n) is 7.61. The van der Waals surface area contributed by atoms with E-state index >= 15 is 0 Å². The van der Waals surface area contributed by atoms with Crippen molar-refractivity contribution >= 4 is 18.1 Å². The minimum Gasteiger partial charge on any atom is -0.304 e. The molecule has 2 amide bonds. The Morgan fingerprint density at radius 1 is 1.07 bits per heavy atom. The molecule has 1 aromatic rings. The molecule has 0 spiro atoms. The lowest BCUT2D eigenvalue weighted by atomic mass is 10.1.